The molecule has 5 heteroatoms. The van der Waals surface area contributed by atoms with E-state index in [-0.39, 0.29) is 0 Å². The molecule has 0 amide bonds. The van der Waals surface area contributed by atoms with E-state index in [1.54, 1.807) is 17.5 Å². The summed E-state index contributed by atoms with van der Waals surface area (Å²) in [6.07, 6.45) is 2.73. The van der Waals surface area contributed by atoms with Crippen LogP contribution >= 0.6 is 11.3 Å². The van der Waals surface area contributed by atoms with Crippen molar-refractivity contribution in [1.82, 2.24) is 15.0 Å². The van der Waals surface area contributed by atoms with Gasteiger partial charge in [0.25, 0.3) is 0 Å². The fraction of sp³-hybridized carbons (Fsp3) is 0.462. The van der Waals surface area contributed by atoms with Crippen LogP contribution in [0.15, 0.2) is 17.6 Å². The first-order valence-electron chi connectivity index (χ1n) is 6.13. The first-order chi connectivity index (χ1) is 8.65. The van der Waals surface area contributed by atoms with Crippen molar-refractivity contribution in [1.29, 1.82) is 0 Å². The average molecular weight is 262 g/mol. The molecule has 0 atom stereocenters. The highest BCUT2D eigenvalue weighted by molar-refractivity contribution is 7.09. The van der Waals surface area contributed by atoms with Gasteiger partial charge in [-0.05, 0) is 13.0 Å². The van der Waals surface area contributed by atoms with E-state index in [9.17, 15) is 0 Å². The Labute approximate surface area is 112 Å². The standard InChI is InChI=1S/C13H18N4S/c1-9(2)13-15-7-5-12(17-13)14-6-4-11-8-18-10(3)16-11/h5,7-9H,4,6H2,1-3H3,(H,14,15,17). The highest BCUT2D eigenvalue weighted by Crippen LogP contribution is 2.12. The predicted octanol–water partition coefficient (Wildman–Crippen LogP) is 3.02. The molecule has 1 N–H and O–H groups in total. The molecule has 2 heterocycles. The fourth-order valence-corrected chi connectivity index (χ4v) is 2.24. The van der Waals surface area contributed by atoms with Gasteiger partial charge in [0.1, 0.15) is 11.6 Å². The van der Waals surface area contributed by atoms with E-state index in [0.717, 1.165) is 35.3 Å². The van der Waals surface area contributed by atoms with Crippen LogP contribution in [0.2, 0.25) is 0 Å². The van der Waals surface area contributed by atoms with Crippen LogP contribution in [0, 0.1) is 6.92 Å². The second-order valence-electron chi connectivity index (χ2n) is 4.49. The van der Waals surface area contributed by atoms with E-state index >= 15 is 0 Å². The number of aromatic nitrogens is 3. The summed E-state index contributed by atoms with van der Waals surface area (Å²) in [6, 6.07) is 1.90. The SMILES string of the molecule is Cc1nc(CCNc2ccnc(C(C)C)n2)cs1. The van der Waals surface area contributed by atoms with E-state index in [4.69, 9.17) is 0 Å². The first-order valence-corrected chi connectivity index (χ1v) is 7.01. The van der Waals surface area contributed by atoms with Crippen LogP contribution in [-0.4, -0.2) is 21.5 Å². The van der Waals surface area contributed by atoms with Crippen molar-refractivity contribution in [2.75, 3.05) is 11.9 Å². The smallest absolute Gasteiger partial charge is 0.133 e. The molecule has 0 bridgehead atoms. The van der Waals surface area contributed by atoms with Crippen molar-refractivity contribution in [3.8, 4) is 0 Å². The van der Waals surface area contributed by atoms with Crippen LogP contribution in [0.4, 0.5) is 5.82 Å². The van der Waals surface area contributed by atoms with Gasteiger partial charge < -0.3 is 5.32 Å². The average Bonchev–Trinajstić information content (AvgIpc) is 2.75. The van der Waals surface area contributed by atoms with Gasteiger partial charge in [0, 0.05) is 30.5 Å². The van der Waals surface area contributed by atoms with Crippen molar-refractivity contribution in [2.24, 2.45) is 0 Å². The third kappa shape index (κ3) is 3.50. The number of rotatable bonds is 5. The lowest BCUT2D eigenvalue weighted by molar-refractivity contribution is 0.773. The van der Waals surface area contributed by atoms with Gasteiger partial charge in [0.05, 0.1) is 10.7 Å². The number of nitrogens with one attached hydrogen (secondary N) is 1. The van der Waals surface area contributed by atoms with Gasteiger partial charge >= 0.3 is 0 Å². The van der Waals surface area contributed by atoms with Crippen LogP contribution < -0.4 is 5.32 Å². The molecule has 2 aromatic rings. The Morgan fingerprint density at radius 2 is 2.17 bits per heavy atom. The van der Waals surface area contributed by atoms with Crippen LogP contribution in [0.1, 0.15) is 36.3 Å². The minimum atomic E-state index is 0.355. The van der Waals surface area contributed by atoms with Crippen molar-refractivity contribution in [3.63, 3.8) is 0 Å². The maximum atomic E-state index is 4.47. The zero-order chi connectivity index (χ0) is 13.0. The molecule has 0 spiro atoms. The molecule has 0 aromatic carbocycles. The van der Waals surface area contributed by atoms with Gasteiger partial charge in [-0.3, -0.25) is 0 Å². The minimum absolute atomic E-state index is 0.355. The molecule has 0 saturated heterocycles. The lowest BCUT2D eigenvalue weighted by Gasteiger charge is -2.07. The van der Waals surface area contributed by atoms with Gasteiger partial charge in [0.15, 0.2) is 0 Å². The van der Waals surface area contributed by atoms with Gasteiger partial charge in [-0.15, -0.1) is 11.3 Å². The van der Waals surface area contributed by atoms with Crippen molar-refractivity contribution >= 4 is 17.2 Å². The first kappa shape index (κ1) is 13.0. The highest BCUT2D eigenvalue weighted by Gasteiger charge is 2.03. The summed E-state index contributed by atoms with van der Waals surface area (Å²) < 4.78 is 0. The minimum Gasteiger partial charge on any atom is -0.370 e. The second-order valence-corrected chi connectivity index (χ2v) is 5.55. The summed E-state index contributed by atoms with van der Waals surface area (Å²) in [5.41, 5.74) is 1.14. The Morgan fingerprint density at radius 3 is 2.83 bits per heavy atom. The fourth-order valence-electron chi connectivity index (χ4n) is 1.59. The van der Waals surface area contributed by atoms with Gasteiger partial charge in [-0.1, -0.05) is 13.8 Å². The summed E-state index contributed by atoms with van der Waals surface area (Å²) in [7, 11) is 0. The molecule has 0 unspecified atom stereocenters. The normalized spacial score (nSPS) is 10.9. The molecule has 96 valence electrons. The molecule has 2 rings (SSSR count). The molecule has 0 aliphatic carbocycles. The van der Waals surface area contributed by atoms with Crippen molar-refractivity contribution < 1.29 is 0 Å². The van der Waals surface area contributed by atoms with Crippen molar-refractivity contribution in [3.05, 3.63) is 34.2 Å². The van der Waals surface area contributed by atoms with E-state index in [0.29, 0.717) is 5.92 Å². The Kier molecular flexibility index (Phi) is 4.25. The molecular weight excluding hydrogens is 244 g/mol. The largest absolute Gasteiger partial charge is 0.370 e. The summed E-state index contributed by atoms with van der Waals surface area (Å²) in [5, 5.41) is 6.54. The molecular formula is C13H18N4S. The summed E-state index contributed by atoms with van der Waals surface area (Å²) in [6.45, 7) is 7.06. The van der Waals surface area contributed by atoms with Crippen LogP contribution in [-0.2, 0) is 6.42 Å². The molecule has 0 saturated carbocycles. The maximum absolute atomic E-state index is 4.47. The van der Waals surface area contributed by atoms with Crippen LogP contribution in [0.25, 0.3) is 0 Å². The van der Waals surface area contributed by atoms with Gasteiger partial charge in [0.2, 0.25) is 0 Å². The Morgan fingerprint density at radius 1 is 1.33 bits per heavy atom. The second kappa shape index (κ2) is 5.91. The molecule has 0 radical (unpaired) electrons. The maximum Gasteiger partial charge on any atom is 0.133 e. The van der Waals surface area contributed by atoms with Crippen LogP contribution in [0.5, 0.6) is 0 Å². The summed E-state index contributed by atoms with van der Waals surface area (Å²) >= 11 is 1.69. The van der Waals surface area contributed by atoms with E-state index in [1.807, 2.05) is 13.0 Å². The molecule has 0 aliphatic rings. The Bertz CT molecular complexity index is 507. The van der Waals surface area contributed by atoms with E-state index < -0.39 is 0 Å². The van der Waals surface area contributed by atoms with Gasteiger partial charge in [-0.25, -0.2) is 15.0 Å². The number of aryl methyl sites for hydroxylation is 1. The predicted molar refractivity (Wildman–Crippen MR) is 75.2 cm³/mol. The number of anilines is 1. The molecule has 4 nitrogen and oxygen atoms in total. The lowest BCUT2D eigenvalue weighted by Crippen LogP contribution is -2.08. The number of hydrogen-bond acceptors (Lipinski definition) is 5. The molecule has 0 aliphatic heterocycles. The molecule has 2 aromatic heterocycles. The third-order valence-electron chi connectivity index (χ3n) is 2.54. The van der Waals surface area contributed by atoms with Crippen molar-refractivity contribution in [2.45, 2.75) is 33.1 Å². The van der Waals surface area contributed by atoms with Gasteiger partial charge in [-0.2, -0.15) is 0 Å². The topological polar surface area (TPSA) is 50.7 Å². The lowest BCUT2D eigenvalue weighted by atomic mass is 10.2. The van der Waals surface area contributed by atoms with E-state index in [2.05, 4.69) is 39.5 Å². The monoisotopic (exact) mass is 262 g/mol. The van der Waals surface area contributed by atoms with Crippen LogP contribution in [0.3, 0.4) is 0 Å². The summed E-state index contributed by atoms with van der Waals surface area (Å²) in [5.74, 6) is 2.12. The molecule has 0 fully saturated rings. The number of thiazole rings is 1. The zero-order valence-electron chi connectivity index (χ0n) is 11.0. The zero-order valence-corrected chi connectivity index (χ0v) is 11.8. The quantitative estimate of drug-likeness (QED) is 0.900. The molecule has 18 heavy (non-hydrogen) atoms. The Hall–Kier alpha value is -1.49. The number of nitrogens with zero attached hydrogens (tertiary/aromatic N) is 3. The highest BCUT2D eigenvalue weighted by atomic mass is 32.1. The summed E-state index contributed by atoms with van der Waals surface area (Å²) in [4.78, 5) is 13.1. The Balaban J connectivity index is 1.88. The third-order valence-corrected chi connectivity index (χ3v) is 3.37. The van der Waals surface area contributed by atoms with E-state index in [1.165, 1.54) is 0 Å². The number of hydrogen-bond donors (Lipinski definition) is 1.